The summed E-state index contributed by atoms with van der Waals surface area (Å²) >= 11 is 19.7. The molecule has 2 aromatic rings. The third-order valence-corrected chi connectivity index (χ3v) is 5.29. The summed E-state index contributed by atoms with van der Waals surface area (Å²) in [5.74, 6) is 0.701. The molecule has 0 fully saturated rings. The van der Waals surface area contributed by atoms with Crippen molar-refractivity contribution in [3.63, 3.8) is 0 Å². The quantitative estimate of drug-likeness (QED) is 0.706. The number of benzene rings is 2. The zero-order valence-corrected chi connectivity index (χ0v) is 13.1. The number of hydrogen-bond donors (Lipinski definition) is 0. The number of fused-ring (bicyclic) bond motifs is 1. The van der Waals surface area contributed by atoms with E-state index in [0.717, 1.165) is 17.5 Å². The molecule has 0 amide bonds. The Morgan fingerprint density at radius 3 is 2.65 bits per heavy atom. The molecule has 2 aromatic carbocycles. The van der Waals surface area contributed by atoms with Crippen molar-refractivity contribution >= 4 is 34.8 Å². The van der Waals surface area contributed by atoms with E-state index in [2.05, 4.69) is 6.07 Å². The largest absolute Gasteiger partial charge is 0.496 e. The molecule has 0 aromatic heterocycles. The van der Waals surface area contributed by atoms with Crippen LogP contribution in [0.1, 0.15) is 16.7 Å². The molecule has 2 atom stereocenters. The Balaban J connectivity index is 2.25. The predicted molar refractivity (Wildman–Crippen MR) is 84.4 cm³/mol. The third kappa shape index (κ3) is 2.00. The average molecular weight is 328 g/mol. The van der Waals surface area contributed by atoms with E-state index in [1.807, 2.05) is 30.3 Å². The topological polar surface area (TPSA) is 9.23 Å². The van der Waals surface area contributed by atoms with Gasteiger partial charge >= 0.3 is 0 Å². The standard InChI is InChI=1S/C16H13Cl3O/c1-20-14-7-6-11(17)9-13(14)16(19)12-5-3-2-4-10(12)8-15(16)18/h2-7,9,15H,8H2,1H3. The van der Waals surface area contributed by atoms with Gasteiger partial charge in [-0.3, -0.25) is 0 Å². The van der Waals surface area contributed by atoms with Crippen molar-refractivity contribution in [1.82, 2.24) is 0 Å². The van der Waals surface area contributed by atoms with Crippen LogP contribution in [0.25, 0.3) is 0 Å². The van der Waals surface area contributed by atoms with Crippen molar-refractivity contribution in [3.8, 4) is 5.75 Å². The molecule has 0 spiro atoms. The SMILES string of the molecule is COc1ccc(Cl)cc1C1(Cl)c2ccccc2CC1Cl. The Morgan fingerprint density at radius 1 is 1.15 bits per heavy atom. The number of rotatable bonds is 2. The molecule has 4 heteroatoms. The fraction of sp³-hybridized carbons (Fsp3) is 0.250. The van der Waals surface area contributed by atoms with Gasteiger partial charge in [-0.2, -0.15) is 0 Å². The Bertz CT molecular complexity index is 656. The van der Waals surface area contributed by atoms with Crippen LogP contribution in [-0.2, 0) is 11.3 Å². The van der Waals surface area contributed by atoms with Gasteiger partial charge in [-0.05, 0) is 35.7 Å². The second-order valence-corrected chi connectivity index (χ2v) is 6.44. The van der Waals surface area contributed by atoms with Gasteiger partial charge in [0.2, 0.25) is 0 Å². The Labute approximate surface area is 133 Å². The molecule has 104 valence electrons. The van der Waals surface area contributed by atoms with E-state index in [0.29, 0.717) is 10.8 Å². The summed E-state index contributed by atoms with van der Waals surface area (Å²) in [5.41, 5.74) is 3.02. The first-order valence-corrected chi connectivity index (χ1v) is 7.52. The van der Waals surface area contributed by atoms with Crippen molar-refractivity contribution in [2.24, 2.45) is 0 Å². The molecule has 3 rings (SSSR count). The van der Waals surface area contributed by atoms with Crippen LogP contribution in [0.4, 0.5) is 0 Å². The highest BCUT2D eigenvalue weighted by molar-refractivity contribution is 6.35. The molecule has 1 aliphatic carbocycles. The van der Waals surface area contributed by atoms with Gasteiger partial charge < -0.3 is 4.74 Å². The first kappa shape index (κ1) is 14.1. The van der Waals surface area contributed by atoms with E-state index < -0.39 is 4.87 Å². The summed E-state index contributed by atoms with van der Waals surface area (Å²) in [5, 5.41) is 0.378. The Hall–Kier alpha value is -0.890. The monoisotopic (exact) mass is 326 g/mol. The van der Waals surface area contributed by atoms with Crippen molar-refractivity contribution in [2.45, 2.75) is 16.7 Å². The fourth-order valence-electron chi connectivity index (χ4n) is 2.83. The minimum atomic E-state index is -0.811. The zero-order chi connectivity index (χ0) is 14.3. The molecule has 0 N–H and O–H groups in total. The number of methoxy groups -OCH3 is 1. The normalized spacial score (nSPS) is 24.5. The van der Waals surface area contributed by atoms with Gasteiger partial charge in [-0.1, -0.05) is 35.9 Å². The summed E-state index contributed by atoms with van der Waals surface area (Å²) in [6.07, 6.45) is 0.733. The van der Waals surface area contributed by atoms with Crippen molar-refractivity contribution in [1.29, 1.82) is 0 Å². The molecule has 0 saturated heterocycles. The summed E-state index contributed by atoms with van der Waals surface area (Å²) < 4.78 is 5.44. The number of hydrogen-bond acceptors (Lipinski definition) is 1. The molecule has 0 bridgehead atoms. The highest BCUT2D eigenvalue weighted by atomic mass is 35.5. The molecule has 0 saturated carbocycles. The first-order chi connectivity index (χ1) is 9.57. The van der Waals surface area contributed by atoms with Gasteiger partial charge in [0.15, 0.2) is 0 Å². The predicted octanol–water partition coefficient (Wildman–Crippen LogP) is 4.99. The van der Waals surface area contributed by atoms with Crippen LogP contribution in [0.15, 0.2) is 42.5 Å². The van der Waals surface area contributed by atoms with E-state index >= 15 is 0 Å². The van der Waals surface area contributed by atoms with Crippen LogP contribution in [0.5, 0.6) is 5.75 Å². The van der Waals surface area contributed by atoms with Gasteiger partial charge in [0, 0.05) is 10.6 Å². The summed E-state index contributed by atoms with van der Waals surface area (Å²) in [6, 6.07) is 13.5. The van der Waals surface area contributed by atoms with E-state index in [1.165, 1.54) is 5.56 Å². The third-order valence-electron chi connectivity index (χ3n) is 3.79. The van der Waals surface area contributed by atoms with E-state index in [1.54, 1.807) is 13.2 Å². The molecule has 2 unspecified atom stereocenters. The number of halogens is 3. The highest BCUT2D eigenvalue weighted by Crippen LogP contribution is 2.52. The average Bonchev–Trinajstić information content (AvgIpc) is 2.72. The lowest BCUT2D eigenvalue weighted by molar-refractivity contribution is 0.405. The molecule has 0 heterocycles. The number of ether oxygens (including phenoxy) is 1. The van der Waals surface area contributed by atoms with Crippen LogP contribution in [0, 0.1) is 0 Å². The second-order valence-electron chi connectivity index (χ2n) is 4.89. The van der Waals surface area contributed by atoms with Gasteiger partial charge in [-0.15, -0.1) is 23.2 Å². The van der Waals surface area contributed by atoms with E-state index in [9.17, 15) is 0 Å². The molecule has 1 nitrogen and oxygen atoms in total. The minimum absolute atomic E-state index is 0.242. The van der Waals surface area contributed by atoms with Crippen LogP contribution in [0.3, 0.4) is 0 Å². The molecule has 20 heavy (non-hydrogen) atoms. The van der Waals surface area contributed by atoms with E-state index in [-0.39, 0.29) is 5.38 Å². The molecule has 0 radical (unpaired) electrons. The van der Waals surface area contributed by atoms with Crippen molar-refractivity contribution < 1.29 is 4.74 Å². The fourth-order valence-corrected chi connectivity index (χ4v) is 3.82. The molecule has 0 aliphatic heterocycles. The molecule has 1 aliphatic rings. The van der Waals surface area contributed by atoms with Gasteiger partial charge in [0.25, 0.3) is 0 Å². The van der Waals surface area contributed by atoms with Crippen LogP contribution in [-0.4, -0.2) is 12.5 Å². The minimum Gasteiger partial charge on any atom is -0.496 e. The first-order valence-electron chi connectivity index (χ1n) is 6.32. The van der Waals surface area contributed by atoms with Gasteiger partial charge in [-0.25, -0.2) is 0 Å². The lowest BCUT2D eigenvalue weighted by Gasteiger charge is -2.29. The maximum atomic E-state index is 6.96. The lowest BCUT2D eigenvalue weighted by Crippen LogP contribution is -2.28. The Kier molecular flexibility index (Phi) is 3.62. The Morgan fingerprint density at radius 2 is 1.90 bits per heavy atom. The molecular weight excluding hydrogens is 315 g/mol. The second kappa shape index (κ2) is 5.14. The van der Waals surface area contributed by atoms with Crippen molar-refractivity contribution in [3.05, 3.63) is 64.2 Å². The maximum Gasteiger partial charge on any atom is 0.124 e. The number of alkyl halides is 2. The van der Waals surface area contributed by atoms with E-state index in [4.69, 9.17) is 39.5 Å². The molecular formula is C16H13Cl3O. The highest BCUT2D eigenvalue weighted by Gasteiger charge is 2.47. The maximum absolute atomic E-state index is 6.96. The summed E-state index contributed by atoms with van der Waals surface area (Å²) in [6.45, 7) is 0. The smallest absolute Gasteiger partial charge is 0.124 e. The summed E-state index contributed by atoms with van der Waals surface area (Å²) in [7, 11) is 1.62. The van der Waals surface area contributed by atoms with Gasteiger partial charge in [0.1, 0.15) is 10.6 Å². The van der Waals surface area contributed by atoms with Crippen LogP contribution < -0.4 is 4.74 Å². The van der Waals surface area contributed by atoms with Crippen molar-refractivity contribution in [2.75, 3.05) is 7.11 Å². The zero-order valence-electron chi connectivity index (χ0n) is 10.9. The van der Waals surface area contributed by atoms with Crippen LogP contribution >= 0.6 is 34.8 Å². The van der Waals surface area contributed by atoms with Gasteiger partial charge in [0.05, 0.1) is 12.5 Å². The van der Waals surface area contributed by atoms with Crippen LogP contribution in [0.2, 0.25) is 5.02 Å². The lowest BCUT2D eigenvalue weighted by atomic mass is 9.91. The summed E-state index contributed by atoms with van der Waals surface area (Å²) in [4.78, 5) is -0.811.